The summed E-state index contributed by atoms with van der Waals surface area (Å²) in [6.07, 6.45) is 1.50. The average Bonchev–Trinajstić information content (AvgIpc) is 3.25. The summed E-state index contributed by atoms with van der Waals surface area (Å²) < 4.78 is 1.83. The van der Waals surface area contributed by atoms with Crippen molar-refractivity contribution in [1.29, 1.82) is 0 Å². The number of fused-ring (bicyclic) bond motifs is 1. The number of imidazole rings is 1. The van der Waals surface area contributed by atoms with Gasteiger partial charge in [-0.3, -0.25) is 9.36 Å². The molecule has 0 saturated carbocycles. The van der Waals surface area contributed by atoms with Crippen LogP contribution in [0.15, 0.2) is 34.4 Å². The van der Waals surface area contributed by atoms with Gasteiger partial charge in [-0.2, -0.15) is 0 Å². The van der Waals surface area contributed by atoms with E-state index in [0.717, 1.165) is 28.9 Å². The average molecular weight is 357 g/mol. The maximum atomic E-state index is 12.6. The number of nitrogens with zero attached hydrogens (tertiary/aromatic N) is 3. The predicted octanol–water partition coefficient (Wildman–Crippen LogP) is 1.72. The van der Waals surface area contributed by atoms with Crippen LogP contribution >= 0.6 is 11.3 Å². The first-order valence-corrected chi connectivity index (χ1v) is 9.18. The summed E-state index contributed by atoms with van der Waals surface area (Å²) in [6.45, 7) is 1.58. The largest absolute Gasteiger partial charge is 0.337 e. The van der Waals surface area contributed by atoms with Crippen LogP contribution in [0.5, 0.6) is 0 Å². The summed E-state index contributed by atoms with van der Waals surface area (Å²) in [7, 11) is 0. The Labute approximate surface area is 148 Å². The van der Waals surface area contributed by atoms with Crippen LogP contribution in [0.25, 0.3) is 11.0 Å². The normalized spacial score (nSPS) is 15.8. The molecule has 25 heavy (non-hydrogen) atoms. The molecule has 1 aliphatic rings. The first kappa shape index (κ1) is 16.0. The summed E-state index contributed by atoms with van der Waals surface area (Å²) in [4.78, 5) is 33.9. The third kappa shape index (κ3) is 2.87. The number of hydrogen-bond acceptors (Lipinski definition) is 5. The zero-order chi connectivity index (χ0) is 17.4. The summed E-state index contributed by atoms with van der Waals surface area (Å²) in [5.41, 5.74) is 7.71. The first-order valence-electron chi connectivity index (χ1n) is 8.30. The molecule has 3 N–H and O–H groups in total. The molecule has 7 nitrogen and oxygen atoms in total. The van der Waals surface area contributed by atoms with E-state index < -0.39 is 0 Å². The van der Waals surface area contributed by atoms with Crippen molar-refractivity contribution in [3.63, 3.8) is 0 Å². The van der Waals surface area contributed by atoms with E-state index in [9.17, 15) is 9.59 Å². The number of aromatic nitrogens is 3. The number of para-hydroxylation sites is 2. The third-order valence-electron chi connectivity index (χ3n) is 4.69. The topological polar surface area (TPSA) is 97.0 Å². The number of benzene rings is 1. The van der Waals surface area contributed by atoms with E-state index >= 15 is 0 Å². The summed E-state index contributed by atoms with van der Waals surface area (Å²) in [5.74, 6) is -0.0549. The molecule has 1 saturated heterocycles. The number of thiazole rings is 1. The van der Waals surface area contributed by atoms with Gasteiger partial charge in [0.05, 0.1) is 11.0 Å². The van der Waals surface area contributed by atoms with Crippen molar-refractivity contribution in [2.45, 2.75) is 25.4 Å². The smallest absolute Gasteiger partial charge is 0.326 e. The van der Waals surface area contributed by atoms with E-state index in [1.54, 1.807) is 5.38 Å². The minimum Gasteiger partial charge on any atom is -0.337 e. The lowest BCUT2D eigenvalue weighted by Crippen LogP contribution is -2.40. The van der Waals surface area contributed by atoms with Gasteiger partial charge < -0.3 is 15.6 Å². The standard InChI is InChI=1S/C17H19N5O2S/c18-9-15-19-13(10-25-15)16(23)21-7-5-11(6-8-21)22-14-4-2-1-3-12(14)20-17(22)24/h1-4,10-11H,5-9,18H2,(H,20,24). The number of likely N-dealkylation sites (tertiary alicyclic amines) is 1. The lowest BCUT2D eigenvalue weighted by molar-refractivity contribution is 0.0689. The van der Waals surface area contributed by atoms with Crippen LogP contribution < -0.4 is 11.4 Å². The van der Waals surface area contributed by atoms with Crippen molar-refractivity contribution in [3.05, 3.63) is 50.8 Å². The molecular formula is C17H19N5O2S. The molecule has 4 rings (SSSR count). The molecule has 3 aromatic rings. The number of aromatic amines is 1. The third-order valence-corrected chi connectivity index (χ3v) is 5.56. The molecule has 130 valence electrons. The second-order valence-corrected chi connectivity index (χ2v) is 7.11. The van der Waals surface area contributed by atoms with Crippen LogP contribution in [0.1, 0.15) is 34.4 Å². The van der Waals surface area contributed by atoms with E-state index in [2.05, 4.69) is 9.97 Å². The van der Waals surface area contributed by atoms with Crippen LogP contribution in [-0.4, -0.2) is 38.4 Å². The lowest BCUT2D eigenvalue weighted by atomic mass is 10.0. The van der Waals surface area contributed by atoms with E-state index in [0.29, 0.717) is 25.3 Å². The van der Waals surface area contributed by atoms with E-state index in [-0.39, 0.29) is 17.6 Å². The summed E-state index contributed by atoms with van der Waals surface area (Å²) in [6, 6.07) is 7.80. The minimum absolute atomic E-state index is 0.0549. The molecule has 1 aliphatic heterocycles. The van der Waals surface area contributed by atoms with Gasteiger partial charge >= 0.3 is 5.69 Å². The van der Waals surface area contributed by atoms with Gasteiger partial charge in [-0.1, -0.05) is 12.1 Å². The Morgan fingerprint density at radius 1 is 1.32 bits per heavy atom. The quantitative estimate of drug-likeness (QED) is 0.746. The highest BCUT2D eigenvalue weighted by molar-refractivity contribution is 7.09. The van der Waals surface area contributed by atoms with Gasteiger partial charge in [0.1, 0.15) is 10.7 Å². The van der Waals surface area contributed by atoms with Crippen molar-refractivity contribution in [2.75, 3.05) is 13.1 Å². The predicted molar refractivity (Wildman–Crippen MR) is 96.7 cm³/mol. The number of carbonyl (C=O) groups is 1. The monoisotopic (exact) mass is 357 g/mol. The number of amides is 1. The fraction of sp³-hybridized carbons (Fsp3) is 0.353. The molecule has 0 atom stereocenters. The summed E-state index contributed by atoms with van der Waals surface area (Å²) in [5, 5.41) is 2.53. The molecule has 0 bridgehead atoms. The number of nitrogens with one attached hydrogen (secondary N) is 1. The lowest BCUT2D eigenvalue weighted by Gasteiger charge is -2.32. The van der Waals surface area contributed by atoms with Gasteiger partial charge in [-0.25, -0.2) is 9.78 Å². The van der Waals surface area contributed by atoms with E-state index in [4.69, 9.17) is 5.73 Å². The fourth-order valence-corrected chi connectivity index (χ4v) is 4.08. The molecule has 0 spiro atoms. The molecule has 2 aromatic heterocycles. The van der Waals surface area contributed by atoms with Crippen molar-refractivity contribution < 1.29 is 4.79 Å². The molecule has 1 amide bonds. The fourth-order valence-electron chi connectivity index (χ4n) is 3.43. The Kier molecular flexibility index (Phi) is 4.14. The Balaban J connectivity index is 1.50. The summed E-state index contributed by atoms with van der Waals surface area (Å²) >= 11 is 1.41. The van der Waals surface area contributed by atoms with Gasteiger partial charge in [0.25, 0.3) is 5.91 Å². The minimum atomic E-state index is -0.0851. The van der Waals surface area contributed by atoms with Crippen molar-refractivity contribution in [1.82, 2.24) is 19.4 Å². The molecular weight excluding hydrogens is 338 g/mol. The number of nitrogens with two attached hydrogens (primary N) is 1. The Bertz CT molecular complexity index is 965. The van der Waals surface area contributed by atoms with Crippen molar-refractivity contribution >= 4 is 28.3 Å². The zero-order valence-electron chi connectivity index (χ0n) is 13.6. The zero-order valence-corrected chi connectivity index (χ0v) is 14.5. The maximum absolute atomic E-state index is 12.6. The molecule has 3 heterocycles. The maximum Gasteiger partial charge on any atom is 0.326 e. The van der Waals surface area contributed by atoms with Crippen LogP contribution in [0.2, 0.25) is 0 Å². The van der Waals surface area contributed by atoms with Crippen LogP contribution in [-0.2, 0) is 6.54 Å². The van der Waals surface area contributed by atoms with Crippen LogP contribution in [0, 0.1) is 0 Å². The van der Waals surface area contributed by atoms with E-state index in [1.165, 1.54) is 11.3 Å². The van der Waals surface area contributed by atoms with Gasteiger partial charge in [0.15, 0.2) is 0 Å². The van der Waals surface area contributed by atoms with Crippen molar-refractivity contribution in [2.24, 2.45) is 5.73 Å². The van der Waals surface area contributed by atoms with Gasteiger partial charge in [-0.05, 0) is 25.0 Å². The van der Waals surface area contributed by atoms with Gasteiger partial charge in [0, 0.05) is 31.1 Å². The molecule has 0 aliphatic carbocycles. The Morgan fingerprint density at radius 3 is 2.80 bits per heavy atom. The number of rotatable bonds is 3. The van der Waals surface area contributed by atoms with Crippen molar-refractivity contribution in [3.8, 4) is 0 Å². The number of H-pyrrole nitrogens is 1. The molecule has 0 radical (unpaired) electrons. The van der Waals surface area contributed by atoms with Gasteiger partial charge in [0.2, 0.25) is 0 Å². The first-order chi connectivity index (χ1) is 12.2. The number of hydrogen-bond donors (Lipinski definition) is 2. The highest BCUT2D eigenvalue weighted by Crippen LogP contribution is 2.25. The molecule has 8 heteroatoms. The second kappa shape index (κ2) is 6.45. The Hall–Kier alpha value is -2.45. The highest BCUT2D eigenvalue weighted by atomic mass is 32.1. The van der Waals surface area contributed by atoms with E-state index in [1.807, 2.05) is 33.7 Å². The number of carbonyl (C=O) groups excluding carboxylic acids is 1. The number of piperidine rings is 1. The SMILES string of the molecule is NCc1nc(C(=O)N2CCC(n3c(=O)[nH]c4ccccc43)CC2)cs1. The highest BCUT2D eigenvalue weighted by Gasteiger charge is 2.27. The second-order valence-electron chi connectivity index (χ2n) is 6.17. The van der Waals surface area contributed by atoms with Gasteiger partial charge in [-0.15, -0.1) is 11.3 Å². The molecule has 1 fully saturated rings. The van der Waals surface area contributed by atoms with Crippen LogP contribution in [0.3, 0.4) is 0 Å². The Morgan fingerprint density at radius 2 is 2.08 bits per heavy atom. The van der Waals surface area contributed by atoms with Crippen LogP contribution in [0.4, 0.5) is 0 Å². The molecule has 1 aromatic carbocycles. The molecule has 0 unspecified atom stereocenters.